The second kappa shape index (κ2) is 13.3. The number of halogens is 1. The van der Waals surface area contributed by atoms with Gasteiger partial charge in [0.1, 0.15) is 0 Å². The van der Waals surface area contributed by atoms with Gasteiger partial charge in [-0.1, -0.05) is 0 Å². The van der Waals surface area contributed by atoms with E-state index >= 15 is 0 Å². The number of hydrogen-bond donors (Lipinski definition) is 3. The van der Waals surface area contributed by atoms with E-state index in [1.54, 1.807) is 0 Å². The summed E-state index contributed by atoms with van der Waals surface area (Å²) < 4.78 is 1.43. The van der Waals surface area contributed by atoms with E-state index in [1.165, 1.54) is 23.7 Å². The molecule has 0 unspecified atom stereocenters. The summed E-state index contributed by atoms with van der Waals surface area (Å²) in [6.45, 7) is 7.88. The normalized spacial score (nSPS) is 16.6. The first-order valence-electron chi connectivity index (χ1n) is 8.03. The predicted molar refractivity (Wildman–Crippen MR) is 84.7 cm³/mol. The van der Waals surface area contributed by atoms with Crippen LogP contribution in [0.1, 0.15) is 52.9 Å². The molecule has 20 heavy (non-hydrogen) atoms. The molecule has 0 amide bonds. The number of unbranched alkanes of at least 4 members (excludes halogenated alkanes) is 1. The summed E-state index contributed by atoms with van der Waals surface area (Å²) in [4.78, 5) is 2.35. The zero-order chi connectivity index (χ0) is 15.4. The molecule has 3 nitrogen and oxygen atoms in total. The van der Waals surface area contributed by atoms with Crippen LogP contribution in [0.25, 0.3) is 0 Å². The zero-order valence-corrected chi connectivity index (χ0v) is 16.2. The van der Waals surface area contributed by atoms with Gasteiger partial charge in [0.15, 0.2) is 0 Å². The standard InChI is InChI=1S/C16H36IN2O/c1-13(2)12-15(16(20)18-5)8-6-7-11-19-14(3)9-10-17-4/h13-16,18-20H,6-12H2,1-5H3/q-1/t14-,15+,16-/m1/s1. The van der Waals surface area contributed by atoms with Crippen LogP contribution >= 0.6 is 0 Å². The van der Waals surface area contributed by atoms with Gasteiger partial charge < -0.3 is 0 Å². The van der Waals surface area contributed by atoms with Crippen molar-refractivity contribution in [3.05, 3.63) is 0 Å². The summed E-state index contributed by atoms with van der Waals surface area (Å²) in [5.74, 6) is 1.04. The Morgan fingerprint density at radius 3 is 2.35 bits per heavy atom. The molecule has 0 aromatic heterocycles. The molecule has 124 valence electrons. The van der Waals surface area contributed by atoms with Gasteiger partial charge in [0.05, 0.1) is 0 Å². The van der Waals surface area contributed by atoms with E-state index in [1.807, 2.05) is 7.05 Å². The van der Waals surface area contributed by atoms with Crippen LogP contribution in [0.2, 0.25) is 0 Å². The van der Waals surface area contributed by atoms with Gasteiger partial charge in [-0.2, -0.15) is 0 Å². The average molecular weight is 399 g/mol. The molecular formula is C16H36IN2O-. The third-order valence-electron chi connectivity index (χ3n) is 3.74. The fraction of sp³-hybridized carbons (Fsp3) is 1.00. The van der Waals surface area contributed by atoms with Crippen molar-refractivity contribution < 1.29 is 26.3 Å². The molecule has 0 rings (SSSR count). The van der Waals surface area contributed by atoms with Gasteiger partial charge in [0, 0.05) is 0 Å². The first-order chi connectivity index (χ1) is 9.51. The summed E-state index contributed by atoms with van der Waals surface area (Å²) >= 11 is 0.449. The minimum atomic E-state index is -0.349. The molecule has 0 aromatic carbocycles. The van der Waals surface area contributed by atoms with E-state index in [9.17, 15) is 5.11 Å². The monoisotopic (exact) mass is 399 g/mol. The van der Waals surface area contributed by atoms with E-state index in [2.05, 4.69) is 36.3 Å². The topological polar surface area (TPSA) is 44.3 Å². The van der Waals surface area contributed by atoms with Crippen molar-refractivity contribution in [2.24, 2.45) is 11.8 Å². The molecule has 0 spiro atoms. The first-order valence-corrected chi connectivity index (χ1v) is 11.7. The number of nitrogens with one attached hydrogen (secondary N) is 2. The van der Waals surface area contributed by atoms with Crippen molar-refractivity contribution >= 4 is 0 Å². The van der Waals surface area contributed by atoms with Gasteiger partial charge in [-0.15, -0.1) is 0 Å². The van der Waals surface area contributed by atoms with Gasteiger partial charge in [0.25, 0.3) is 0 Å². The summed E-state index contributed by atoms with van der Waals surface area (Å²) in [5.41, 5.74) is 0. The van der Waals surface area contributed by atoms with Crippen molar-refractivity contribution in [2.45, 2.75) is 65.1 Å². The molecule has 0 saturated heterocycles. The number of aliphatic hydroxyl groups excluding tert-OH is 1. The van der Waals surface area contributed by atoms with E-state index in [4.69, 9.17) is 0 Å². The predicted octanol–water partition coefficient (Wildman–Crippen LogP) is -0.556. The number of rotatable bonds is 13. The second-order valence-electron chi connectivity index (χ2n) is 6.22. The molecule has 4 heteroatoms. The van der Waals surface area contributed by atoms with Gasteiger partial charge in [-0.3, -0.25) is 0 Å². The molecule has 3 N–H and O–H groups in total. The van der Waals surface area contributed by atoms with Gasteiger partial charge in [0.2, 0.25) is 0 Å². The number of hydrogen-bond acceptors (Lipinski definition) is 3. The van der Waals surface area contributed by atoms with Crippen LogP contribution in [0.3, 0.4) is 0 Å². The van der Waals surface area contributed by atoms with Crippen molar-refractivity contribution in [1.82, 2.24) is 10.6 Å². The molecule has 3 atom stereocenters. The Bertz CT molecular complexity index is 215. The molecule has 0 saturated carbocycles. The molecular weight excluding hydrogens is 363 g/mol. The Balaban J connectivity index is 3.72. The molecule has 0 aliphatic rings. The van der Waals surface area contributed by atoms with Crippen LogP contribution in [0.4, 0.5) is 0 Å². The van der Waals surface area contributed by atoms with Crippen molar-refractivity contribution in [1.29, 1.82) is 0 Å². The molecule has 0 aliphatic heterocycles. The molecule has 0 bridgehead atoms. The van der Waals surface area contributed by atoms with Crippen LogP contribution in [-0.4, -0.2) is 40.3 Å². The maximum atomic E-state index is 9.98. The Labute approximate surface area is 136 Å². The Kier molecular flexibility index (Phi) is 13.7. The quantitative estimate of drug-likeness (QED) is 0.169. The Morgan fingerprint density at radius 2 is 1.80 bits per heavy atom. The summed E-state index contributed by atoms with van der Waals surface area (Å²) in [6.07, 6.45) is 5.63. The van der Waals surface area contributed by atoms with Crippen LogP contribution in [0.15, 0.2) is 0 Å². The van der Waals surface area contributed by atoms with E-state index in [0.29, 0.717) is 39.1 Å². The summed E-state index contributed by atoms with van der Waals surface area (Å²) in [5, 5.41) is 16.6. The van der Waals surface area contributed by atoms with Gasteiger partial charge in [-0.25, -0.2) is 0 Å². The van der Waals surface area contributed by atoms with Crippen molar-refractivity contribution in [2.75, 3.05) is 23.0 Å². The van der Waals surface area contributed by atoms with Crippen LogP contribution < -0.4 is 31.8 Å². The number of alkyl halides is 2. The molecule has 0 aliphatic carbocycles. The fourth-order valence-corrected chi connectivity index (χ4v) is 4.06. The van der Waals surface area contributed by atoms with Gasteiger partial charge >= 0.3 is 137 Å². The molecule has 0 fully saturated rings. The van der Waals surface area contributed by atoms with Crippen LogP contribution in [0, 0.1) is 11.8 Å². The minimum absolute atomic E-state index is 0.349. The van der Waals surface area contributed by atoms with Crippen LogP contribution in [0.5, 0.6) is 0 Å². The maximum absolute atomic E-state index is 9.98. The first kappa shape index (κ1) is 20.6. The van der Waals surface area contributed by atoms with E-state index in [0.717, 1.165) is 19.4 Å². The Morgan fingerprint density at radius 1 is 1.10 bits per heavy atom. The Hall–Kier alpha value is 0.610. The summed E-state index contributed by atoms with van der Waals surface area (Å²) in [6, 6.07) is 0.670. The van der Waals surface area contributed by atoms with Crippen LogP contribution in [-0.2, 0) is 0 Å². The van der Waals surface area contributed by atoms with Crippen molar-refractivity contribution in [3.8, 4) is 0 Å². The molecule has 0 radical (unpaired) electrons. The zero-order valence-electron chi connectivity index (χ0n) is 14.1. The molecule has 0 heterocycles. The van der Waals surface area contributed by atoms with E-state index < -0.39 is 0 Å². The van der Waals surface area contributed by atoms with Crippen molar-refractivity contribution in [3.63, 3.8) is 0 Å². The fourth-order valence-electron chi connectivity index (χ4n) is 2.50. The number of aliphatic hydroxyl groups is 1. The van der Waals surface area contributed by atoms with E-state index in [-0.39, 0.29) is 6.23 Å². The average Bonchev–Trinajstić information content (AvgIpc) is 2.42. The van der Waals surface area contributed by atoms with Gasteiger partial charge in [-0.05, 0) is 0 Å². The summed E-state index contributed by atoms with van der Waals surface area (Å²) in [7, 11) is 1.84. The molecule has 0 aromatic rings. The SMILES string of the molecule is CN[C@H](O)[C@@H](CCCCN[C@H](C)CC[I-]C)CC(C)C. The second-order valence-corrected chi connectivity index (χ2v) is 8.82. The third kappa shape index (κ3) is 11.3. The third-order valence-corrected chi connectivity index (χ3v) is 5.44.